The monoisotopic (exact) mass is 367 g/mol. The molecular weight excluding hydrogens is 342 g/mol. The van der Waals surface area contributed by atoms with Crippen molar-refractivity contribution in [3.63, 3.8) is 0 Å². The minimum Gasteiger partial charge on any atom is -0.389 e. The van der Waals surface area contributed by atoms with Crippen molar-refractivity contribution in [2.45, 2.75) is 31.1 Å². The molecule has 4 rings (SSSR count). The number of ether oxygens (including phenoxy) is 3. The molecule has 3 aliphatic rings. The van der Waals surface area contributed by atoms with Crippen molar-refractivity contribution in [3.05, 3.63) is 21.9 Å². The molecule has 1 N–H and O–H groups in total. The van der Waals surface area contributed by atoms with E-state index in [2.05, 4.69) is 0 Å². The van der Waals surface area contributed by atoms with Crippen molar-refractivity contribution >= 4 is 17.2 Å². The molecule has 3 saturated heterocycles. The van der Waals surface area contributed by atoms with Crippen LogP contribution in [-0.4, -0.2) is 67.6 Å². The van der Waals surface area contributed by atoms with Gasteiger partial charge in [-0.3, -0.25) is 4.79 Å². The number of aliphatic hydroxyl groups is 1. The van der Waals surface area contributed by atoms with Gasteiger partial charge in [-0.2, -0.15) is 0 Å². The number of thiophene rings is 1. The van der Waals surface area contributed by atoms with Gasteiger partial charge in [0.2, 0.25) is 0 Å². The Morgan fingerprint density at radius 3 is 3.08 bits per heavy atom. The summed E-state index contributed by atoms with van der Waals surface area (Å²) in [6.07, 6.45) is 1.41. The molecule has 1 amide bonds. The van der Waals surface area contributed by atoms with Crippen LogP contribution in [0.3, 0.4) is 0 Å². The first-order chi connectivity index (χ1) is 12.1. The largest absolute Gasteiger partial charge is 0.389 e. The summed E-state index contributed by atoms with van der Waals surface area (Å²) < 4.78 is 16.4. The first-order valence-corrected chi connectivity index (χ1v) is 9.71. The van der Waals surface area contributed by atoms with Gasteiger partial charge in [0.15, 0.2) is 0 Å². The maximum Gasteiger partial charge on any atom is 0.264 e. The number of fused-ring (bicyclic) bond motifs is 3. The third-order valence-corrected chi connectivity index (χ3v) is 6.92. The predicted molar refractivity (Wildman–Crippen MR) is 92.7 cm³/mol. The van der Waals surface area contributed by atoms with Gasteiger partial charge in [0.25, 0.3) is 5.91 Å². The normalized spacial score (nSPS) is 35.1. The summed E-state index contributed by atoms with van der Waals surface area (Å²) >= 11 is 1.49. The Bertz CT molecular complexity index is 635. The van der Waals surface area contributed by atoms with E-state index in [1.165, 1.54) is 11.3 Å². The molecule has 0 saturated carbocycles. The maximum absolute atomic E-state index is 13.2. The highest BCUT2D eigenvalue weighted by atomic mass is 32.1. The number of amides is 1. The topological polar surface area (TPSA) is 68.2 Å². The molecule has 0 aromatic carbocycles. The second-order valence-corrected chi connectivity index (χ2v) is 8.38. The number of carbonyl (C=O) groups excluding carboxylic acids is 1. The SMILES string of the molecule is COCc1ccc(C(=O)N2C[C@H]3COCC[C@@]3(O)[C@@H]3COCC[C@@H]32)s1. The molecule has 1 aromatic heterocycles. The zero-order valence-corrected chi connectivity index (χ0v) is 15.3. The van der Waals surface area contributed by atoms with Crippen molar-refractivity contribution in [1.29, 1.82) is 0 Å². The molecule has 0 bridgehead atoms. The number of methoxy groups -OCH3 is 1. The first-order valence-electron chi connectivity index (χ1n) is 8.90. The van der Waals surface area contributed by atoms with Gasteiger partial charge in [-0.15, -0.1) is 11.3 Å². The third-order valence-electron chi connectivity index (χ3n) is 5.87. The van der Waals surface area contributed by atoms with E-state index in [9.17, 15) is 9.90 Å². The summed E-state index contributed by atoms with van der Waals surface area (Å²) in [5.41, 5.74) is -0.781. The van der Waals surface area contributed by atoms with Crippen LogP contribution in [0.5, 0.6) is 0 Å². The average molecular weight is 367 g/mol. The lowest BCUT2D eigenvalue weighted by Crippen LogP contribution is -2.68. The van der Waals surface area contributed by atoms with Gasteiger partial charge in [-0.05, 0) is 18.6 Å². The van der Waals surface area contributed by atoms with E-state index in [0.717, 1.165) is 16.2 Å². The minimum absolute atomic E-state index is 0.0357. The highest BCUT2D eigenvalue weighted by Crippen LogP contribution is 2.44. The maximum atomic E-state index is 13.2. The smallest absolute Gasteiger partial charge is 0.264 e. The zero-order valence-electron chi connectivity index (χ0n) is 14.5. The van der Waals surface area contributed by atoms with E-state index in [4.69, 9.17) is 14.2 Å². The predicted octanol–water partition coefficient (Wildman–Crippen LogP) is 1.52. The van der Waals surface area contributed by atoms with Gasteiger partial charge < -0.3 is 24.2 Å². The molecule has 4 heterocycles. The lowest BCUT2D eigenvalue weighted by atomic mass is 9.66. The van der Waals surface area contributed by atoms with Crippen LogP contribution in [0.25, 0.3) is 0 Å². The van der Waals surface area contributed by atoms with Gasteiger partial charge in [-0.1, -0.05) is 0 Å². The van der Waals surface area contributed by atoms with Gasteiger partial charge in [0.1, 0.15) is 0 Å². The standard InChI is InChI=1S/C18H25NO5S/c1-22-10-13-2-3-16(25-13)17(20)19-8-12-9-24-7-5-18(12,21)14-11-23-6-4-15(14)19/h2-3,12,14-15,21H,4-11H2,1H3/t12-,14+,15-,18-/m0/s1. The molecule has 0 unspecified atom stereocenters. The Kier molecular flexibility index (Phi) is 4.85. The van der Waals surface area contributed by atoms with E-state index in [1.54, 1.807) is 7.11 Å². The van der Waals surface area contributed by atoms with Gasteiger partial charge in [-0.25, -0.2) is 0 Å². The summed E-state index contributed by atoms with van der Waals surface area (Å²) in [6, 6.07) is 3.87. The van der Waals surface area contributed by atoms with Crippen LogP contribution in [0.15, 0.2) is 12.1 Å². The average Bonchev–Trinajstić information content (AvgIpc) is 3.10. The summed E-state index contributed by atoms with van der Waals surface area (Å²) in [4.78, 5) is 16.9. The van der Waals surface area contributed by atoms with Gasteiger partial charge in [0.05, 0.1) is 30.3 Å². The van der Waals surface area contributed by atoms with Crippen LogP contribution in [0.4, 0.5) is 0 Å². The van der Waals surface area contributed by atoms with Crippen LogP contribution < -0.4 is 0 Å². The lowest BCUT2D eigenvalue weighted by molar-refractivity contribution is -0.212. The van der Waals surface area contributed by atoms with Crippen LogP contribution in [0.2, 0.25) is 0 Å². The quantitative estimate of drug-likeness (QED) is 0.877. The van der Waals surface area contributed by atoms with Crippen molar-refractivity contribution in [1.82, 2.24) is 4.90 Å². The molecule has 3 aliphatic heterocycles. The number of piperidine rings is 1. The highest BCUT2D eigenvalue weighted by molar-refractivity contribution is 7.14. The molecule has 138 valence electrons. The van der Waals surface area contributed by atoms with E-state index in [-0.39, 0.29) is 23.8 Å². The molecule has 4 atom stereocenters. The number of nitrogens with zero attached hydrogens (tertiary/aromatic N) is 1. The Morgan fingerprint density at radius 2 is 2.24 bits per heavy atom. The Morgan fingerprint density at radius 1 is 1.40 bits per heavy atom. The minimum atomic E-state index is -0.781. The number of carbonyl (C=O) groups is 1. The highest BCUT2D eigenvalue weighted by Gasteiger charge is 2.56. The van der Waals surface area contributed by atoms with Gasteiger partial charge in [0, 0.05) is 56.0 Å². The molecule has 7 heteroatoms. The fourth-order valence-corrected chi connectivity index (χ4v) is 5.48. The second-order valence-electron chi connectivity index (χ2n) is 7.21. The Hall–Kier alpha value is -0.990. The molecule has 0 spiro atoms. The third kappa shape index (κ3) is 3.02. The summed E-state index contributed by atoms with van der Waals surface area (Å²) in [6.45, 7) is 3.31. The molecule has 3 fully saturated rings. The van der Waals surface area contributed by atoms with E-state index >= 15 is 0 Å². The van der Waals surface area contributed by atoms with Crippen molar-refractivity contribution in [3.8, 4) is 0 Å². The first kappa shape index (κ1) is 17.4. The lowest BCUT2D eigenvalue weighted by Gasteiger charge is -2.57. The fourth-order valence-electron chi connectivity index (χ4n) is 4.55. The zero-order chi connectivity index (χ0) is 17.4. The van der Waals surface area contributed by atoms with E-state index in [1.807, 2.05) is 17.0 Å². The molecule has 0 aliphatic carbocycles. The van der Waals surface area contributed by atoms with Crippen molar-refractivity contribution < 1.29 is 24.1 Å². The van der Waals surface area contributed by atoms with Crippen molar-refractivity contribution in [2.24, 2.45) is 11.8 Å². The number of hydrogen-bond acceptors (Lipinski definition) is 6. The van der Waals surface area contributed by atoms with Crippen LogP contribution in [-0.2, 0) is 20.8 Å². The number of hydrogen-bond donors (Lipinski definition) is 1. The van der Waals surface area contributed by atoms with Crippen LogP contribution in [0, 0.1) is 11.8 Å². The fraction of sp³-hybridized carbons (Fsp3) is 0.722. The molecular formula is C18H25NO5S. The van der Waals surface area contributed by atoms with Crippen LogP contribution in [0.1, 0.15) is 27.4 Å². The summed E-state index contributed by atoms with van der Waals surface area (Å²) in [7, 11) is 1.66. The number of likely N-dealkylation sites (tertiary alicyclic amines) is 1. The van der Waals surface area contributed by atoms with E-state index < -0.39 is 5.60 Å². The molecule has 25 heavy (non-hydrogen) atoms. The van der Waals surface area contributed by atoms with Crippen LogP contribution >= 0.6 is 11.3 Å². The van der Waals surface area contributed by atoms with Crippen molar-refractivity contribution in [2.75, 3.05) is 40.1 Å². The molecule has 6 nitrogen and oxygen atoms in total. The second kappa shape index (κ2) is 6.96. The number of rotatable bonds is 3. The van der Waals surface area contributed by atoms with E-state index in [0.29, 0.717) is 46.0 Å². The molecule has 0 radical (unpaired) electrons. The Balaban J connectivity index is 1.60. The van der Waals surface area contributed by atoms with Gasteiger partial charge >= 0.3 is 0 Å². The summed E-state index contributed by atoms with van der Waals surface area (Å²) in [5, 5.41) is 11.3. The molecule has 1 aromatic rings. The Labute approximate surface area is 151 Å². The summed E-state index contributed by atoms with van der Waals surface area (Å²) in [5.74, 6) is -0.0327.